The first-order valence-corrected chi connectivity index (χ1v) is 3.74. The normalized spacial score (nSPS) is 42.0. The highest BCUT2D eigenvalue weighted by molar-refractivity contribution is 4.86. The second-order valence-corrected chi connectivity index (χ2v) is 2.71. The second kappa shape index (κ2) is 4.15. The molecule has 72 valence electrons. The Morgan fingerprint density at radius 3 is 2.42 bits per heavy atom. The number of methoxy groups -OCH3 is 2. The van der Waals surface area contributed by atoms with Gasteiger partial charge in [0.15, 0.2) is 6.29 Å². The van der Waals surface area contributed by atoms with Gasteiger partial charge in [-0.15, -0.1) is 0 Å². The van der Waals surface area contributed by atoms with Crippen LogP contribution in [0.3, 0.4) is 0 Å². The maximum absolute atomic E-state index is 9.46. The predicted octanol–water partition coefficient (Wildman–Crippen LogP) is -1.27. The average molecular weight is 178 g/mol. The highest BCUT2D eigenvalue weighted by Crippen LogP contribution is 2.21. The molecule has 4 atom stereocenters. The molecular weight excluding hydrogens is 164 g/mol. The maximum atomic E-state index is 9.46. The minimum absolute atomic E-state index is 0.248. The lowest BCUT2D eigenvalue weighted by atomic mass is 10.1. The van der Waals surface area contributed by atoms with Gasteiger partial charge in [-0.1, -0.05) is 0 Å². The summed E-state index contributed by atoms with van der Waals surface area (Å²) in [5, 5.41) is 18.7. The summed E-state index contributed by atoms with van der Waals surface area (Å²) in [6, 6.07) is 0. The molecule has 0 bridgehead atoms. The van der Waals surface area contributed by atoms with Crippen LogP contribution in [0.4, 0.5) is 0 Å². The Morgan fingerprint density at radius 1 is 1.33 bits per heavy atom. The lowest BCUT2D eigenvalue weighted by Gasteiger charge is -2.14. The topological polar surface area (TPSA) is 68.2 Å². The van der Waals surface area contributed by atoms with Crippen LogP contribution in [-0.2, 0) is 14.2 Å². The molecule has 0 aromatic heterocycles. The fourth-order valence-corrected chi connectivity index (χ4v) is 1.28. The quantitative estimate of drug-likeness (QED) is 0.563. The Kier molecular flexibility index (Phi) is 3.42. The van der Waals surface area contributed by atoms with Crippen LogP contribution in [0.15, 0.2) is 0 Å². The van der Waals surface area contributed by atoms with E-state index in [4.69, 9.17) is 14.2 Å². The standard InChI is InChI=1S/C7H14O5/c1-10-3-4-5(8)6(11-2)7(9)12-4/h4-9H,3H2,1-2H3/t4?,5-,6+,7?/m0/s1. The molecule has 1 fully saturated rings. The number of ether oxygens (including phenoxy) is 3. The molecule has 1 aliphatic heterocycles. The molecule has 2 N–H and O–H groups in total. The first-order chi connectivity index (χ1) is 5.70. The summed E-state index contributed by atoms with van der Waals surface area (Å²) >= 11 is 0. The van der Waals surface area contributed by atoms with Gasteiger partial charge >= 0.3 is 0 Å². The molecule has 0 saturated carbocycles. The summed E-state index contributed by atoms with van der Waals surface area (Å²) in [5.74, 6) is 0. The zero-order chi connectivity index (χ0) is 9.14. The molecule has 0 aromatic carbocycles. The van der Waals surface area contributed by atoms with Crippen LogP contribution in [0.5, 0.6) is 0 Å². The van der Waals surface area contributed by atoms with E-state index in [9.17, 15) is 10.2 Å². The van der Waals surface area contributed by atoms with Crippen LogP contribution in [0.25, 0.3) is 0 Å². The first kappa shape index (κ1) is 9.88. The molecule has 0 aliphatic carbocycles. The van der Waals surface area contributed by atoms with Gasteiger partial charge in [-0.2, -0.15) is 0 Å². The molecule has 1 rings (SSSR count). The zero-order valence-corrected chi connectivity index (χ0v) is 7.14. The van der Waals surface area contributed by atoms with E-state index < -0.39 is 24.6 Å². The van der Waals surface area contributed by atoms with Gasteiger partial charge in [-0.05, 0) is 0 Å². The third-order valence-corrected chi connectivity index (χ3v) is 1.92. The number of rotatable bonds is 3. The average Bonchev–Trinajstić information content (AvgIpc) is 2.29. The van der Waals surface area contributed by atoms with Crippen molar-refractivity contribution in [2.75, 3.05) is 20.8 Å². The molecule has 5 heteroatoms. The lowest BCUT2D eigenvalue weighted by Crippen LogP contribution is -2.35. The third-order valence-electron chi connectivity index (χ3n) is 1.92. The monoisotopic (exact) mass is 178 g/mol. The molecule has 0 aromatic rings. The first-order valence-electron chi connectivity index (χ1n) is 3.74. The van der Waals surface area contributed by atoms with Gasteiger partial charge < -0.3 is 24.4 Å². The van der Waals surface area contributed by atoms with Gasteiger partial charge in [0.05, 0.1) is 6.61 Å². The van der Waals surface area contributed by atoms with Gasteiger partial charge in [0, 0.05) is 14.2 Å². The van der Waals surface area contributed by atoms with Crippen molar-refractivity contribution in [1.29, 1.82) is 0 Å². The van der Waals surface area contributed by atoms with Crippen LogP contribution < -0.4 is 0 Å². The van der Waals surface area contributed by atoms with E-state index in [-0.39, 0.29) is 6.61 Å². The molecule has 12 heavy (non-hydrogen) atoms. The Morgan fingerprint density at radius 2 is 2.00 bits per heavy atom. The molecule has 1 aliphatic rings. The highest BCUT2D eigenvalue weighted by Gasteiger charge is 2.42. The summed E-state index contributed by atoms with van der Waals surface area (Å²) in [5.41, 5.74) is 0. The molecule has 5 nitrogen and oxygen atoms in total. The van der Waals surface area contributed by atoms with Crippen LogP contribution in [0.2, 0.25) is 0 Å². The van der Waals surface area contributed by atoms with E-state index in [2.05, 4.69) is 0 Å². The fraction of sp³-hybridized carbons (Fsp3) is 1.00. The van der Waals surface area contributed by atoms with Crippen molar-refractivity contribution in [3.8, 4) is 0 Å². The van der Waals surface area contributed by atoms with Crippen LogP contribution in [0, 0.1) is 0 Å². The van der Waals surface area contributed by atoms with Crippen molar-refractivity contribution in [2.24, 2.45) is 0 Å². The number of hydrogen-bond acceptors (Lipinski definition) is 5. The van der Waals surface area contributed by atoms with E-state index in [1.165, 1.54) is 14.2 Å². The van der Waals surface area contributed by atoms with Crippen LogP contribution in [-0.4, -0.2) is 55.6 Å². The van der Waals surface area contributed by atoms with E-state index in [1.54, 1.807) is 0 Å². The highest BCUT2D eigenvalue weighted by atomic mass is 16.7. The smallest absolute Gasteiger partial charge is 0.184 e. The Labute approximate surface area is 70.9 Å². The summed E-state index contributed by atoms with van der Waals surface area (Å²) in [7, 11) is 2.91. The Balaban J connectivity index is 2.49. The summed E-state index contributed by atoms with van der Waals surface area (Å²) in [6.07, 6.45) is -3.07. The van der Waals surface area contributed by atoms with Gasteiger partial charge in [-0.25, -0.2) is 0 Å². The number of hydrogen-bond donors (Lipinski definition) is 2. The van der Waals surface area contributed by atoms with E-state index in [0.29, 0.717) is 0 Å². The van der Waals surface area contributed by atoms with E-state index in [0.717, 1.165) is 0 Å². The largest absolute Gasteiger partial charge is 0.387 e. The van der Waals surface area contributed by atoms with Crippen molar-refractivity contribution in [1.82, 2.24) is 0 Å². The molecular formula is C7H14O5. The molecule has 1 saturated heterocycles. The van der Waals surface area contributed by atoms with Crippen molar-refractivity contribution in [3.05, 3.63) is 0 Å². The van der Waals surface area contributed by atoms with Gasteiger partial charge in [0.25, 0.3) is 0 Å². The van der Waals surface area contributed by atoms with Crippen molar-refractivity contribution >= 4 is 0 Å². The lowest BCUT2D eigenvalue weighted by molar-refractivity contribution is -0.141. The second-order valence-electron chi connectivity index (χ2n) is 2.71. The minimum Gasteiger partial charge on any atom is -0.387 e. The van der Waals surface area contributed by atoms with Crippen LogP contribution in [0.1, 0.15) is 0 Å². The Hall–Kier alpha value is -0.200. The molecule has 0 spiro atoms. The minimum atomic E-state index is -1.06. The molecule has 0 amide bonds. The number of aliphatic hydroxyl groups is 2. The van der Waals surface area contributed by atoms with Crippen molar-refractivity contribution in [2.45, 2.75) is 24.6 Å². The fourth-order valence-electron chi connectivity index (χ4n) is 1.28. The summed E-state index contributed by atoms with van der Waals surface area (Å²) < 4.78 is 14.6. The van der Waals surface area contributed by atoms with Crippen molar-refractivity contribution in [3.63, 3.8) is 0 Å². The molecule has 2 unspecified atom stereocenters. The third kappa shape index (κ3) is 1.75. The maximum Gasteiger partial charge on any atom is 0.184 e. The van der Waals surface area contributed by atoms with Gasteiger partial charge in [0.2, 0.25) is 0 Å². The summed E-state index contributed by atoms with van der Waals surface area (Å²) in [6.45, 7) is 0.248. The van der Waals surface area contributed by atoms with Gasteiger partial charge in [-0.3, -0.25) is 0 Å². The number of aliphatic hydroxyl groups excluding tert-OH is 2. The van der Waals surface area contributed by atoms with Crippen molar-refractivity contribution < 1.29 is 24.4 Å². The summed E-state index contributed by atoms with van der Waals surface area (Å²) in [4.78, 5) is 0. The van der Waals surface area contributed by atoms with E-state index in [1.807, 2.05) is 0 Å². The Bertz CT molecular complexity index is 140. The van der Waals surface area contributed by atoms with Crippen LogP contribution >= 0.6 is 0 Å². The van der Waals surface area contributed by atoms with E-state index >= 15 is 0 Å². The van der Waals surface area contributed by atoms with Gasteiger partial charge in [0.1, 0.15) is 18.3 Å². The molecule has 0 radical (unpaired) electrons. The SMILES string of the molecule is COCC1OC(O)[C@H](OC)[C@H]1O. The molecule has 1 heterocycles. The predicted molar refractivity (Wildman–Crippen MR) is 39.6 cm³/mol. The zero-order valence-electron chi connectivity index (χ0n) is 7.14.